The predicted octanol–water partition coefficient (Wildman–Crippen LogP) is 2.02. The Morgan fingerprint density at radius 3 is 3.10 bits per heavy atom. The molecule has 2 N–H and O–H groups in total. The highest BCUT2D eigenvalue weighted by molar-refractivity contribution is 7.71. The van der Waals surface area contributed by atoms with Gasteiger partial charge in [-0.3, -0.25) is 9.89 Å². The number of hydrogen-bond donors (Lipinski definition) is 2. The van der Waals surface area contributed by atoms with Crippen molar-refractivity contribution < 1.29 is 9.53 Å². The average molecular weight is 308 g/mol. The first kappa shape index (κ1) is 14.3. The molecule has 1 amide bonds. The molecule has 0 unspecified atom stereocenters. The van der Waals surface area contributed by atoms with Gasteiger partial charge in [0.2, 0.25) is 0 Å². The molecular weight excluding hydrogens is 288 g/mol. The molecule has 114 valence electrons. The van der Waals surface area contributed by atoms with Crippen LogP contribution in [0.5, 0.6) is 0 Å². The van der Waals surface area contributed by atoms with Crippen molar-refractivity contribution in [2.75, 3.05) is 13.2 Å². The molecule has 1 saturated carbocycles. The van der Waals surface area contributed by atoms with Crippen molar-refractivity contribution in [3.05, 3.63) is 21.9 Å². The summed E-state index contributed by atoms with van der Waals surface area (Å²) in [5.74, 6) is 2.27. The van der Waals surface area contributed by atoms with Crippen LogP contribution in [0.2, 0.25) is 0 Å². The van der Waals surface area contributed by atoms with E-state index in [0.717, 1.165) is 30.0 Å². The number of hydrogen-bond acceptors (Lipinski definition) is 4. The first-order chi connectivity index (χ1) is 10.2. The lowest BCUT2D eigenvalue weighted by Crippen LogP contribution is -2.30. The highest BCUT2D eigenvalue weighted by atomic mass is 32.1. The van der Waals surface area contributed by atoms with Crippen LogP contribution in [0.15, 0.2) is 11.3 Å². The number of amides is 1. The highest BCUT2D eigenvalue weighted by Gasteiger charge is 2.29. The zero-order valence-corrected chi connectivity index (χ0v) is 13.0. The van der Waals surface area contributed by atoms with Crippen molar-refractivity contribution in [1.29, 1.82) is 0 Å². The molecule has 0 bridgehead atoms. The summed E-state index contributed by atoms with van der Waals surface area (Å²) < 4.78 is 8.04. The van der Waals surface area contributed by atoms with Crippen molar-refractivity contribution in [2.45, 2.75) is 45.1 Å². The molecule has 0 radical (unpaired) electrons. The molecule has 1 aliphatic heterocycles. The Bertz CT molecular complexity index is 627. The van der Waals surface area contributed by atoms with Crippen molar-refractivity contribution in [3.8, 4) is 0 Å². The van der Waals surface area contributed by atoms with Crippen molar-refractivity contribution in [3.63, 3.8) is 0 Å². The summed E-state index contributed by atoms with van der Waals surface area (Å²) in [6, 6.07) is 0. The number of carbonyl (C=O) groups excluding carboxylic acids is 1. The Labute approximate surface area is 128 Å². The molecule has 21 heavy (non-hydrogen) atoms. The molecule has 1 aromatic rings. The Balaban J connectivity index is 1.58. The minimum atomic E-state index is -0.0322. The van der Waals surface area contributed by atoms with Gasteiger partial charge in [-0.1, -0.05) is 0 Å². The number of ether oxygens (including phenoxy) is 1. The summed E-state index contributed by atoms with van der Waals surface area (Å²) in [6.07, 6.45) is 4.04. The maximum Gasteiger partial charge on any atom is 0.250 e. The van der Waals surface area contributed by atoms with Crippen LogP contribution in [0.1, 0.15) is 44.3 Å². The summed E-state index contributed by atoms with van der Waals surface area (Å²) in [4.78, 5) is 12.1. The van der Waals surface area contributed by atoms with Crippen molar-refractivity contribution in [2.24, 2.45) is 0 Å². The quantitative estimate of drug-likeness (QED) is 0.816. The molecule has 0 spiro atoms. The third kappa shape index (κ3) is 3.18. The number of H-pyrrole nitrogens is 1. The maximum absolute atomic E-state index is 12.1. The molecule has 0 saturated heterocycles. The van der Waals surface area contributed by atoms with Gasteiger partial charge >= 0.3 is 0 Å². The fourth-order valence-corrected chi connectivity index (χ4v) is 2.83. The molecule has 1 fully saturated rings. The minimum Gasteiger partial charge on any atom is -0.498 e. The van der Waals surface area contributed by atoms with Crippen LogP contribution in [-0.2, 0) is 16.1 Å². The number of nitrogens with one attached hydrogen (secondary N) is 2. The van der Waals surface area contributed by atoms with E-state index in [1.54, 1.807) is 0 Å². The number of nitrogens with zero attached hydrogens (tertiary/aromatic N) is 2. The zero-order chi connectivity index (χ0) is 14.8. The van der Waals surface area contributed by atoms with E-state index in [-0.39, 0.29) is 5.91 Å². The fraction of sp³-hybridized carbons (Fsp3) is 0.643. The van der Waals surface area contributed by atoms with Gasteiger partial charge < -0.3 is 14.6 Å². The highest BCUT2D eigenvalue weighted by Crippen LogP contribution is 2.38. The molecule has 2 heterocycles. The summed E-state index contributed by atoms with van der Waals surface area (Å²) in [7, 11) is 0. The Kier molecular flexibility index (Phi) is 4.10. The van der Waals surface area contributed by atoms with Gasteiger partial charge in [-0.15, -0.1) is 0 Å². The van der Waals surface area contributed by atoms with Crippen LogP contribution in [0.25, 0.3) is 0 Å². The molecule has 3 rings (SSSR count). The summed E-state index contributed by atoms with van der Waals surface area (Å²) >= 11 is 5.25. The molecule has 1 aromatic heterocycles. The SMILES string of the molecule is CC1=C(C(=O)NCCn2c(C3CC3)n[nH]c2=S)CCCO1. The van der Waals surface area contributed by atoms with E-state index in [9.17, 15) is 4.79 Å². The Morgan fingerprint density at radius 1 is 1.57 bits per heavy atom. The normalized spacial score (nSPS) is 18.5. The molecule has 1 aliphatic carbocycles. The molecule has 6 nitrogen and oxygen atoms in total. The molecule has 2 aliphatic rings. The first-order valence-electron chi connectivity index (χ1n) is 7.42. The second kappa shape index (κ2) is 6.01. The van der Waals surface area contributed by atoms with Crippen LogP contribution in [0.4, 0.5) is 0 Å². The van der Waals surface area contributed by atoms with E-state index in [2.05, 4.69) is 15.5 Å². The third-order valence-corrected chi connectivity index (χ3v) is 4.25. The van der Waals surface area contributed by atoms with E-state index in [0.29, 0.717) is 30.4 Å². The standard InChI is InChI=1S/C14H20N4O2S/c1-9-11(3-2-8-20-9)13(19)15-6-7-18-12(10-4-5-10)16-17-14(18)21/h10H,2-8H2,1H3,(H,15,19)(H,17,21). The smallest absolute Gasteiger partial charge is 0.250 e. The van der Waals surface area contributed by atoms with Crippen LogP contribution in [0, 0.1) is 4.77 Å². The monoisotopic (exact) mass is 308 g/mol. The van der Waals surface area contributed by atoms with Gasteiger partial charge in [-0.25, -0.2) is 0 Å². The predicted molar refractivity (Wildman–Crippen MR) is 80.3 cm³/mol. The van der Waals surface area contributed by atoms with Gasteiger partial charge in [0.15, 0.2) is 4.77 Å². The third-order valence-electron chi connectivity index (χ3n) is 3.94. The number of aromatic amines is 1. The first-order valence-corrected chi connectivity index (χ1v) is 7.83. The van der Waals surface area contributed by atoms with Gasteiger partial charge in [0.25, 0.3) is 5.91 Å². The second-order valence-electron chi connectivity index (χ2n) is 5.56. The number of rotatable bonds is 5. The van der Waals surface area contributed by atoms with Gasteiger partial charge in [0.1, 0.15) is 11.6 Å². The van der Waals surface area contributed by atoms with E-state index in [4.69, 9.17) is 17.0 Å². The Hall–Kier alpha value is -1.63. The molecule has 0 atom stereocenters. The summed E-state index contributed by atoms with van der Waals surface area (Å²) in [5.41, 5.74) is 0.763. The number of aromatic nitrogens is 3. The lowest BCUT2D eigenvalue weighted by Gasteiger charge is -2.18. The van der Waals surface area contributed by atoms with E-state index < -0.39 is 0 Å². The van der Waals surface area contributed by atoms with Crippen LogP contribution >= 0.6 is 12.2 Å². The zero-order valence-electron chi connectivity index (χ0n) is 12.1. The largest absolute Gasteiger partial charge is 0.498 e. The summed E-state index contributed by atoms with van der Waals surface area (Å²) in [5, 5.41) is 10.1. The topological polar surface area (TPSA) is 71.9 Å². The minimum absolute atomic E-state index is 0.0322. The molecule has 7 heteroatoms. The van der Waals surface area contributed by atoms with Crippen LogP contribution in [0.3, 0.4) is 0 Å². The number of carbonyl (C=O) groups is 1. The van der Waals surface area contributed by atoms with Crippen molar-refractivity contribution >= 4 is 18.1 Å². The molecule has 0 aromatic carbocycles. The van der Waals surface area contributed by atoms with Crippen molar-refractivity contribution in [1.82, 2.24) is 20.1 Å². The number of allylic oxidation sites excluding steroid dienone is 1. The second-order valence-corrected chi connectivity index (χ2v) is 5.94. The van der Waals surface area contributed by atoms with Crippen LogP contribution < -0.4 is 5.32 Å². The average Bonchev–Trinajstić information content (AvgIpc) is 3.25. The van der Waals surface area contributed by atoms with Gasteiger partial charge in [-0.05, 0) is 44.8 Å². The van der Waals surface area contributed by atoms with Gasteiger partial charge in [0.05, 0.1) is 12.2 Å². The fourth-order valence-electron chi connectivity index (χ4n) is 2.60. The van der Waals surface area contributed by atoms with E-state index in [1.807, 2.05) is 11.5 Å². The molecular formula is C14H20N4O2S. The summed E-state index contributed by atoms with van der Waals surface area (Å²) in [6.45, 7) is 3.76. The van der Waals surface area contributed by atoms with Crippen LogP contribution in [-0.4, -0.2) is 33.8 Å². The lowest BCUT2D eigenvalue weighted by molar-refractivity contribution is -0.118. The Morgan fingerprint density at radius 2 is 2.38 bits per heavy atom. The van der Waals surface area contributed by atoms with Gasteiger partial charge in [-0.2, -0.15) is 5.10 Å². The van der Waals surface area contributed by atoms with Gasteiger partial charge in [0, 0.05) is 19.0 Å². The van der Waals surface area contributed by atoms with E-state index >= 15 is 0 Å². The van der Waals surface area contributed by atoms with E-state index in [1.165, 1.54) is 12.8 Å². The lowest BCUT2D eigenvalue weighted by atomic mass is 10.1. The maximum atomic E-state index is 12.1.